The molecule has 45 heavy (non-hydrogen) atoms. The summed E-state index contributed by atoms with van der Waals surface area (Å²) >= 11 is 6.86. The zero-order valence-electron chi connectivity index (χ0n) is 23.5. The van der Waals surface area contributed by atoms with Crippen molar-refractivity contribution in [2.75, 3.05) is 6.61 Å². The second-order valence-corrected chi connectivity index (χ2v) is 11.6. The third-order valence-electron chi connectivity index (χ3n) is 7.32. The number of thiazole rings is 1. The topological polar surface area (TPSA) is 89.4 Å². The van der Waals surface area contributed by atoms with E-state index in [1.54, 1.807) is 18.2 Å². The summed E-state index contributed by atoms with van der Waals surface area (Å²) in [4.78, 5) is 30.7. The van der Waals surface area contributed by atoms with Crippen LogP contribution in [0.4, 0.5) is 13.2 Å². The van der Waals surface area contributed by atoms with Crippen molar-refractivity contribution >= 4 is 45.9 Å². The summed E-state index contributed by atoms with van der Waals surface area (Å²) in [6, 6.07) is 21.3. The fourth-order valence-electron chi connectivity index (χ4n) is 5.34. The van der Waals surface area contributed by atoms with Crippen LogP contribution in [-0.2, 0) is 16.1 Å². The molecule has 1 aliphatic heterocycles. The Labute approximate surface area is 263 Å². The molecule has 0 bridgehead atoms. The molecule has 226 valence electrons. The molecule has 0 N–H and O–H groups in total. The van der Waals surface area contributed by atoms with Crippen LogP contribution in [0.25, 0.3) is 17.0 Å². The van der Waals surface area contributed by atoms with Crippen molar-refractivity contribution < 1.29 is 22.7 Å². The van der Waals surface area contributed by atoms with E-state index in [4.69, 9.17) is 21.6 Å². The first kappa shape index (κ1) is 30.1. The summed E-state index contributed by atoms with van der Waals surface area (Å²) in [6.45, 7) is 1.80. The van der Waals surface area contributed by atoms with Gasteiger partial charge in [0.2, 0.25) is 0 Å². The van der Waals surface area contributed by atoms with Gasteiger partial charge in [-0.1, -0.05) is 65.4 Å². The maximum atomic E-state index is 14.4. The highest BCUT2D eigenvalue weighted by Gasteiger charge is 2.45. The SMILES string of the molecule is CCOC(=O)C1=C(C(F)(F)F)N=c2s/c(=C\c3cn(Cc4ccc(C#N)cc4)c4ccccc34)c(=O)n2[C@H]1c1ccc(Cl)cc1. The van der Waals surface area contributed by atoms with Gasteiger partial charge in [-0.25, -0.2) is 9.79 Å². The normalized spacial score (nSPS) is 15.1. The molecule has 1 aliphatic rings. The number of ether oxygens (including phenoxy) is 1. The predicted octanol–water partition coefficient (Wildman–Crippen LogP) is 5.87. The smallest absolute Gasteiger partial charge is 0.434 e. The van der Waals surface area contributed by atoms with Crippen molar-refractivity contribution in [3.05, 3.63) is 137 Å². The lowest BCUT2D eigenvalue weighted by Crippen LogP contribution is -2.41. The minimum Gasteiger partial charge on any atom is -0.463 e. The number of halogens is 4. The molecular weight excluding hydrogens is 625 g/mol. The predicted molar refractivity (Wildman–Crippen MR) is 164 cm³/mol. The van der Waals surface area contributed by atoms with Gasteiger partial charge < -0.3 is 9.30 Å². The number of hydrogen-bond donors (Lipinski definition) is 0. The van der Waals surface area contributed by atoms with Crippen LogP contribution in [0.1, 0.15) is 35.2 Å². The zero-order chi connectivity index (χ0) is 31.9. The summed E-state index contributed by atoms with van der Waals surface area (Å²) in [6.07, 6.45) is -1.51. The second kappa shape index (κ2) is 11.9. The standard InChI is InChI=1S/C33H22ClF3N4O3S/c1-2-44-31(43)27-28(21-11-13-23(34)14-12-21)41-30(42)26(45-32(41)39-29(27)33(35,36)37)15-22-18-40(25-6-4-3-5-24(22)25)17-20-9-7-19(16-38)8-10-20/h3-15,18,28H,2,17H2,1H3/b26-15-/t28-/m0/s1. The molecule has 0 amide bonds. The van der Waals surface area contributed by atoms with E-state index in [-0.39, 0.29) is 21.5 Å². The van der Waals surface area contributed by atoms with Crippen molar-refractivity contribution in [3.8, 4) is 6.07 Å². The van der Waals surface area contributed by atoms with E-state index in [9.17, 15) is 22.8 Å². The van der Waals surface area contributed by atoms with Crippen molar-refractivity contribution in [1.82, 2.24) is 9.13 Å². The first-order valence-electron chi connectivity index (χ1n) is 13.7. The molecule has 0 saturated carbocycles. The monoisotopic (exact) mass is 646 g/mol. The molecule has 6 rings (SSSR count). The number of benzene rings is 3. The van der Waals surface area contributed by atoms with E-state index >= 15 is 0 Å². The lowest BCUT2D eigenvalue weighted by Gasteiger charge is -2.26. The van der Waals surface area contributed by atoms with Gasteiger partial charge in [-0.05, 0) is 54.5 Å². The third-order valence-corrected chi connectivity index (χ3v) is 8.56. The number of fused-ring (bicyclic) bond motifs is 2. The molecule has 0 saturated heterocycles. The molecule has 3 aromatic carbocycles. The summed E-state index contributed by atoms with van der Waals surface area (Å²) < 4.78 is 51.5. The summed E-state index contributed by atoms with van der Waals surface area (Å²) in [5.74, 6) is -1.21. The van der Waals surface area contributed by atoms with Crippen LogP contribution in [0.5, 0.6) is 0 Å². The Morgan fingerprint density at radius 3 is 2.49 bits per heavy atom. The maximum absolute atomic E-state index is 14.4. The highest BCUT2D eigenvalue weighted by atomic mass is 35.5. The van der Waals surface area contributed by atoms with Crippen LogP contribution in [0.15, 0.2) is 100 Å². The molecule has 0 aliphatic carbocycles. The summed E-state index contributed by atoms with van der Waals surface area (Å²) in [5, 5.41) is 10.3. The lowest BCUT2D eigenvalue weighted by molar-refractivity contribution is -0.140. The maximum Gasteiger partial charge on any atom is 0.434 e. The van der Waals surface area contributed by atoms with Gasteiger partial charge in [0.05, 0.1) is 34.4 Å². The number of esters is 1. The molecule has 0 radical (unpaired) electrons. The molecule has 1 atom stereocenters. The van der Waals surface area contributed by atoms with Crippen molar-refractivity contribution in [2.45, 2.75) is 25.7 Å². The van der Waals surface area contributed by atoms with Gasteiger partial charge in [0.15, 0.2) is 10.5 Å². The average molecular weight is 647 g/mol. The number of allylic oxidation sites excluding steroid dienone is 1. The third kappa shape index (κ3) is 5.70. The Hall–Kier alpha value is -4.92. The van der Waals surface area contributed by atoms with Gasteiger partial charge in [0.25, 0.3) is 5.56 Å². The van der Waals surface area contributed by atoms with E-state index < -0.39 is 35.0 Å². The quantitative estimate of drug-likeness (QED) is 0.216. The molecule has 2 aromatic heterocycles. The number of rotatable bonds is 6. The Morgan fingerprint density at radius 1 is 1.11 bits per heavy atom. The Bertz CT molecular complexity index is 2210. The zero-order valence-corrected chi connectivity index (χ0v) is 25.1. The van der Waals surface area contributed by atoms with Gasteiger partial charge in [0, 0.05) is 34.2 Å². The fraction of sp³-hybridized carbons (Fsp3) is 0.152. The van der Waals surface area contributed by atoms with E-state index in [1.807, 2.05) is 47.2 Å². The van der Waals surface area contributed by atoms with Gasteiger partial charge in [0.1, 0.15) is 0 Å². The molecule has 12 heteroatoms. The molecule has 0 unspecified atom stereocenters. The number of carbonyl (C=O) groups excluding carboxylic acids is 1. The van der Waals surface area contributed by atoms with Crippen LogP contribution >= 0.6 is 22.9 Å². The molecule has 0 fully saturated rings. The van der Waals surface area contributed by atoms with Crippen LogP contribution in [0.2, 0.25) is 5.02 Å². The van der Waals surface area contributed by atoms with Crippen molar-refractivity contribution in [1.29, 1.82) is 5.26 Å². The van der Waals surface area contributed by atoms with Gasteiger partial charge in [-0.3, -0.25) is 9.36 Å². The van der Waals surface area contributed by atoms with Crippen LogP contribution in [-0.4, -0.2) is 27.9 Å². The Kier molecular flexibility index (Phi) is 7.95. The molecular formula is C33H22ClF3N4O3S. The summed E-state index contributed by atoms with van der Waals surface area (Å²) in [5.41, 5.74) is 0.504. The Balaban J connectivity index is 1.55. The lowest BCUT2D eigenvalue weighted by atomic mass is 9.95. The fourth-order valence-corrected chi connectivity index (χ4v) is 6.46. The summed E-state index contributed by atoms with van der Waals surface area (Å²) in [7, 11) is 0. The van der Waals surface area contributed by atoms with Crippen molar-refractivity contribution in [2.24, 2.45) is 4.99 Å². The average Bonchev–Trinajstić information content (AvgIpc) is 3.53. The molecule has 5 aromatic rings. The molecule has 0 spiro atoms. The van der Waals surface area contributed by atoms with Gasteiger partial charge >= 0.3 is 12.1 Å². The van der Waals surface area contributed by atoms with Crippen LogP contribution in [0, 0.1) is 11.3 Å². The van der Waals surface area contributed by atoms with Crippen LogP contribution < -0.4 is 14.9 Å². The number of alkyl halides is 3. The highest BCUT2D eigenvalue weighted by Crippen LogP contribution is 2.38. The first-order chi connectivity index (χ1) is 21.6. The van der Waals surface area contributed by atoms with Crippen LogP contribution in [0.3, 0.4) is 0 Å². The van der Waals surface area contributed by atoms with E-state index in [1.165, 1.54) is 31.2 Å². The first-order valence-corrected chi connectivity index (χ1v) is 14.9. The minimum atomic E-state index is -5.00. The number of hydrogen-bond acceptors (Lipinski definition) is 6. The number of aromatic nitrogens is 2. The highest BCUT2D eigenvalue weighted by molar-refractivity contribution is 7.07. The largest absolute Gasteiger partial charge is 0.463 e. The van der Waals surface area contributed by atoms with Gasteiger partial charge in [-0.2, -0.15) is 18.4 Å². The van der Waals surface area contributed by atoms with Crippen molar-refractivity contribution in [3.63, 3.8) is 0 Å². The molecule has 3 heterocycles. The molecule has 7 nitrogen and oxygen atoms in total. The number of para-hydroxylation sites is 1. The van der Waals surface area contributed by atoms with E-state index in [0.717, 1.165) is 32.4 Å². The van der Waals surface area contributed by atoms with E-state index in [0.29, 0.717) is 22.7 Å². The van der Waals surface area contributed by atoms with E-state index in [2.05, 4.69) is 11.1 Å². The minimum absolute atomic E-state index is 0.139. The Morgan fingerprint density at radius 2 is 1.82 bits per heavy atom. The second-order valence-electron chi connectivity index (χ2n) is 10.2. The number of carbonyl (C=O) groups is 1. The number of nitrogens with zero attached hydrogens (tertiary/aromatic N) is 4. The number of nitriles is 1. The van der Waals surface area contributed by atoms with Gasteiger partial charge in [-0.15, -0.1) is 0 Å².